The van der Waals surface area contributed by atoms with Crippen LogP contribution in [0.3, 0.4) is 0 Å². The number of ether oxygens (including phenoxy) is 1. The Balaban J connectivity index is 1.44. The number of carbonyl (C=O) groups excluding carboxylic acids is 1. The Morgan fingerprint density at radius 1 is 1.26 bits per heavy atom. The number of benzene rings is 1. The second-order valence-corrected chi connectivity index (χ2v) is 6.30. The average molecular weight is 327 g/mol. The summed E-state index contributed by atoms with van der Waals surface area (Å²) in [6.45, 7) is 0.0214. The van der Waals surface area contributed by atoms with Crippen molar-refractivity contribution in [3.05, 3.63) is 29.8 Å². The van der Waals surface area contributed by atoms with Gasteiger partial charge in [-0.25, -0.2) is 8.78 Å². The molecule has 0 unspecified atom stereocenters. The van der Waals surface area contributed by atoms with Crippen LogP contribution in [0.4, 0.5) is 8.78 Å². The van der Waals surface area contributed by atoms with E-state index in [0.29, 0.717) is 12.6 Å². The minimum Gasteiger partial charge on any atom is -0.481 e. The quantitative estimate of drug-likeness (QED) is 0.749. The van der Waals surface area contributed by atoms with Crippen molar-refractivity contribution in [2.24, 2.45) is 17.8 Å². The van der Waals surface area contributed by atoms with Crippen LogP contribution >= 0.6 is 0 Å². The Labute approximate surface area is 132 Å². The smallest absolute Gasteiger partial charge is 0.257 e. The number of hydrogen-bond acceptors (Lipinski definition) is 4. The topological polar surface area (TPSA) is 78.8 Å². The van der Waals surface area contributed by atoms with E-state index in [-0.39, 0.29) is 30.1 Å². The molecule has 1 aromatic rings. The molecule has 1 aromatic carbocycles. The van der Waals surface area contributed by atoms with Gasteiger partial charge in [0.15, 0.2) is 18.2 Å². The fourth-order valence-electron chi connectivity index (χ4n) is 3.70. The molecular weight excluding hydrogens is 308 g/mol. The van der Waals surface area contributed by atoms with Crippen LogP contribution in [0.15, 0.2) is 18.2 Å². The molecule has 2 fully saturated rings. The van der Waals surface area contributed by atoms with Crippen LogP contribution < -0.4 is 10.1 Å². The van der Waals surface area contributed by atoms with E-state index in [4.69, 9.17) is 4.74 Å². The molecule has 0 radical (unpaired) electrons. The number of amides is 1. The molecule has 1 amide bonds. The molecule has 2 aliphatic rings. The molecule has 2 aliphatic carbocycles. The highest BCUT2D eigenvalue weighted by Crippen LogP contribution is 2.48. The number of rotatable bonds is 5. The molecular formula is C16H19F2NO4. The van der Waals surface area contributed by atoms with Crippen LogP contribution in [0.5, 0.6) is 5.75 Å². The maximum absolute atomic E-state index is 13.4. The summed E-state index contributed by atoms with van der Waals surface area (Å²) in [5.74, 6) is -1.93. The van der Waals surface area contributed by atoms with Gasteiger partial charge in [-0.05, 0) is 42.7 Å². The van der Waals surface area contributed by atoms with Gasteiger partial charge >= 0.3 is 0 Å². The number of carbonyl (C=O) groups is 1. The number of halogens is 2. The lowest BCUT2D eigenvalue weighted by atomic mass is 9.85. The van der Waals surface area contributed by atoms with E-state index in [2.05, 4.69) is 5.32 Å². The van der Waals surface area contributed by atoms with Crippen molar-refractivity contribution in [1.82, 2.24) is 5.32 Å². The molecule has 5 nitrogen and oxygen atoms in total. The lowest BCUT2D eigenvalue weighted by Crippen LogP contribution is -2.42. The molecule has 3 N–H and O–H groups in total. The van der Waals surface area contributed by atoms with E-state index in [1.807, 2.05) is 0 Å². The van der Waals surface area contributed by atoms with Gasteiger partial charge in [-0.15, -0.1) is 0 Å². The Bertz CT molecular complexity index is 595. The molecule has 3 rings (SSSR count). The molecule has 126 valence electrons. The summed E-state index contributed by atoms with van der Waals surface area (Å²) in [5, 5.41) is 22.3. The molecule has 0 spiro atoms. The van der Waals surface area contributed by atoms with E-state index in [1.165, 1.54) is 0 Å². The summed E-state index contributed by atoms with van der Waals surface area (Å²) in [5.41, 5.74) is 0. The predicted octanol–water partition coefficient (Wildman–Crippen LogP) is 0.838. The summed E-state index contributed by atoms with van der Waals surface area (Å²) in [7, 11) is 0. The molecule has 23 heavy (non-hydrogen) atoms. The molecule has 5 atom stereocenters. The van der Waals surface area contributed by atoms with Crippen molar-refractivity contribution in [2.75, 3.05) is 13.2 Å². The van der Waals surface area contributed by atoms with Crippen LogP contribution in [0.2, 0.25) is 0 Å². The van der Waals surface area contributed by atoms with Crippen LogP contribution in [0, 0.1) is 29.4 Å². The van der Waals surface area contributed by atoms with Crippen molar-refractivity contribution >= 4 is 5.91 Å². The number of aliphatic hydroxyl groups excluding tert-OH is 2. The van der Waals surface area contributed by atoms with Crippen molar-refractivity contribution in [1.29, 1.82) is 0 Å². The zero-order valence-corrected chi connectivity index (χ0v) is 12.4. The zero-order chi connectivity index (χ0) is 16.6. The van der Waals surface area contributed by atoms with E-state index in [1.54, 1.807) is 0 Å². The van der Waals surface area contributed by atoms with E-state index in [9.17, 15) is 23.8 Å². The first-order chi connectivity index (χ1) is 11.0. The van der Waals surface area contributed by atoms with Crippen molar-refractivity contribution in [2.45, 2.75) is 25.0 Å². The second-order valence-electron chi connectivity index (χ2n) is 6.30. The number of aliphatic hydroxyl groups is 2. The van der Waals surface area contributed by atoms with Gasteiger partial charge in [0.05, 0.1) is 12.2 Å². The van der Waals surface area contributed by atoms with Gasteiger partial charge in [0, 0.05) is 12.6 Å². The van der Waals surface area contributed by atoms with Crippen LogP contribution in [0.1, 0.15) is 12.8 Å². The SMILES string of the molecule is O=C(COc1ccc(F)cc1F)NC[C@H]1C[C@@H]2C[C@H]1[C@@H](O)[C@H]2O. The largest absolute Gasteiger partial charge is 0.481 e. The van der Waals surface area contributed by atoms with Gasteiger partial charge in [0.2, 0.25) is 0 Å². The van der Waals surface area contributed by atoms with Crippen molar-refractivity contribution < 1.29 is 28.5 Å². The Morgan fingerprint density at radius 3 is 2.70 bits per heavy atom. The Hall–Kier alpha value is -1.73. The third kappa shape index (κ3) is 3.30. The number of hydrogen-bond donors (Lipinski definition) is 3. The standard InChI is InChI=1S/C16H19F2NO4/c17-10-1-2-13(12(18)5-10)23-7-14(20)19-6-9-3-8-4-11(9)16(22)15(8)21/h1-2,5,8-9,11,15-16,21-22H,3-4,6-7H2,(H,19,20)/t8-,9-,11-,15+,16-/m1/s1. The van der Waals surface area contributed by atoms with E-state index >= 15 is 0 Å². The fraction of sp³-hybridized carbons (Fsp3) is 0.562. The minimum absolute atomic E-state index is 0.00533. The lowest BCUT2D eigenvalue weighted by molar-refractivity contribution is -0.123. The highest BCUT2D eigenvalue weighted by molar-refractivity contribution is 5.77. The van der Waals surface area contributed by atoms with Crippen LogP contribution in [-0.4, -0.2) is 41.5 Å². The number of fused-ring (bicyclic) bond motifs is 2. The first kappa shape index (κ1) is 16.1. The predicted molar refractivity (Wildman–Crippen MR) is 76.6 cm³/mol. The molecule has 0 saturated heterocycles. The molecule has 0 heterocycles. The van der Waals surface area contributed by atoms with E-state index < -0.39 is 29.7 Å². The van der Waals surface area contributed by atoms with Gasteiger partial charge < -0.3 is 20.3 Å². The zero-order valence-electron chi connectivity index (χ0n) is 12.4. The summed E-state index contributed by atoms with van der Waals surface area (Å²) >= 11 is 0. The Kier molecular flexibility index (Phi) is 4.50. The average Bonchev–Trinajstić information content (AvgIpc) is 3.04. The fourth-order valence-corrected chi connectivity index (χ4v) is 3.70. The molecule has 2 saturated carbocycles. The highest BCUT2D eigenvalue weighted by Gasteiger charge is 2.51. The van der Waals surface area contributed by atoms with Crippen molar-refractivity contribution in [3.63, 3.8) is 0 Å². The first-order valence-corrected chi connectivity index (χ1v) is 7.66. The van der Waals surface area contributed by atoms with Gasteiger partial charge in [-0.1, -0.05) is 0 Å². The third-order valence-corrected chi connectivity index (χ3v) is 4.87. The molecule has 0 aromatic heterocycles. The van der Waals surface area contributed by atoms with Crippen molar-refractivity contribution in [3.8, 4) is 5.75 Å². The first-order valence-electron chi connectivity index (χ1n) is 7.66. The maximum Gasteiger partial charge on any atom is 0.257 e. The summed E-state index contributed by atoms with van der Waals surface area (Å²) < 4.78 is 31.2. The summed E-state index contributed by atoms with van der Waals surface area (Å²) in [6.07, 6.45) is 0.175. The second kappa shape index (κ2) is 6.41. The van der Waals surface area contributed by atoms with Gasteiger partial charge in [-0.3, -0.25) is 4.79 Å². The minimum atomic E-state index is -0.858. The number of nitrogens with one attached hydrogen (secondary N) is 1. The summed E-state index contributed by atoms with van der Waals surface area (Å²) in [6, 6.07) is 2.87. The molecule has 7 heteroatoms. The van der Waals surface area contributed by atoms with E-state index in [0.717, 1.165) is 25.0 Å². The van der Waals surface area contributed by atoms with Crippen LogP contribution in [-0.2, 0) is 4.79 Å². The highest BCUT2D eigenvalue weighted by atomic mass is 19.1. The van der Waals surface area contributed by atoms with Crippen LogP contribution in [0.25, 0.3) is 0 Å². The molecule has 2 bridgehead atoms. The summed E-state index contributed by atoms with van der Waals surface area (Å²) in [4.78, 5) is 11.8. The van der Waals surface area contributed by atoms with Gasteiger partial charge in [0.1, 0.15) is 5.82 Å². The normalized spacial score (nSPS) is 32.1. The van der Waals surface area contributed by atoms with Gasteiger partial charge in [0.25, 0.3) is 5.91 Å². The maximum atomic E-state index is 13.4. The molecule has 0 aliphatic heterocycles. The Morgan fingerprint density at radius 2 is 2.04 bits per heavy atom. The monoisotopic (exact) mass is 327 g/mol. The van der Waals surface area contributed by atoms with Gasteiger partial charge in [-0.2, -0.15) is 0 Å². The third-order valence-electron chi connectivity index (χ3n) is 4.87. The lowest BCUT2D eigenvalue weighted by Gasteiger charge is -2.29.